The van der Waals surface area contributed by atoms with Gasteiger partial charge in [-0.2, -0.15) is 0 Å². The van der Waals surface area contributed by atoms with Crippen LogP contribution in [0.2, 0.25) is 0 Å². The highest BCUT2D eigenvalue weighted by Crippen LogP contribution is 2.17. The largest absolute Gasteiger partial charge is 0.339 e. The van der Waals surface area contributed by atoms with E-state index in [2.05, 4.69) is 21.6 Å². The number of likely N-dealkylation sites (tertiary alicyclic amines) is 1. The molecule has 1 aromatic carbocycles. The lowest BCUT2D eigenvalue weighted by atomic mass is 10.0. The molecule has 0 bridgehead atoms. The Balaban J connectivity index is 1.63. The standard InChI is InChI=1S/C21H27N3O2S/c1-15(2)19(23-20(25)18-9-6-12-27-18)21(26)22-17-8-5-7-16(13-17)14-24-10-3-4-11-24/h5-9,12-13,15,19H,3-4,10-11,14H2,1-2H3,(H,22,26)(H,23,25). The molecule has 2 N–H and O–H groups in total. The lowest BCUT2D eigenvalue weighted by molar-refractivity contribution is -0.118. The van der Waals surface area contributed by atoms with Crippen molar-refractivity contribution in [3.05, 3.63) is 52.2 Å². The van der Waals surface area contributed by atoms with Crippen LogP contribution in [-0.2, 0) is 11.3 Å². The summed E-state index contributed by atoms with van der Waals surface area (Å²) in [4.78, 5) is 28.2. The molecule has 1 aliphatic rings. The number of hydrogen-bond acceptors (Lipinski definition) is 4. The van der Waals surface area contributed by atoms with Crippen molar-refractivity contribution in [1.29, 1.82) is 0 Å². The summed E-state index contributed by atoms with van der Waals surface area (Å²) in [5.41, 5.74) is 1.96. The summed E-state index contributed by atoms with van der Waals surface area (Å²) in [5, 5.41) is 7.69. The number of rotatable bonds is 7. The second kappa shape index (κ2) is 9.15. The molecule has 0 aliphatic carbocycles. The van der Waals surface area contributed by atoms with Gasteiger partial charge in [0.05, 0.1) is 4.88 Å². The molecule has 1 fully saturated rings. The minimum atomic E-state index is -0.582. The molecule has 6 heteroatoms. The first-order chi connectivity index (χ1) is 13.0. The summed E-state index contributed by atoms with van der Waals surface area (Å²) >= 11 is 1.37. The van der Waals surface area contributed by atoms with Crippen molar-refractivity contribution < 1.29 is 9.59 Å². The molecular formula is C21H27N3O2S. The number of thiophene rings is 1. The van der Waals surface area contributed by atoms with Crippen LogP contribution >= 0.6 is 11.3 Å². The maximum atomic E-state index is 12.8. The Kier molecular flexibility index (Phi) is 6.63. The van der Waals surface area contributed by atoms with E-state index in [4.69, 9.17) is 0 Å². The van der Waals surface area contributed by atoms with Crippen molar-refractivity contribution in [1.82, 2.24) is 10.2 Å². The monoisotopic (exact) mass is 385 g/mol. The first kappa shape index (κ1) is 19.6. The van der Waals surface area contributed by atoms with Crippen LogP contribution in [0.4, 0.5) is 5.69 Å². The molecule has 2 aromatic rings. The van der Waals surface area contributed by atoms with Crippen LogP contribution in [0.3, 0.4) is 0 Å². The van der Waals surface area contributed by atoms with Crippen LogP contribution in [0.5, 0.6) is 0 Å². The van der Waals surface area contributed by atoms with Crippen molar-refractivity contribution in [3.63, 3.8) is 0 Å². The summed E-state index contributed by atoms with van der Waals surface area (Å²) < 4.78 is 0. The number of nitrogens with zero attached hydrogens (tertiary/aromatic N) is 1. The van der Waals surface area contributed by atoms with Crippen LogP contribution in [0.25, 0.3) is 0 Å². The Morgan fingerprint density at radius 3 is 2.59 bits per heavy atom. The number of carbonyl (C=O) groups excluding carboxylic acids is 2. The third-order valence-corrected chi connectivity index (χ3v) is 5.65. The third-order valence-electron chi connectivity index (χ3n) is 4.78. The molecule has 1 saturated heterocycles. The maximum Gasteiger partial charge on any atom is 0.262 e. The lowest BCUT2D eigenvalue weighted by Crippen LogP contribution is -2.46. The zero-order valence-corrected chi connectivity index (χ0v) is 16.7. The van der Waals surface area contributed by atoms with Gasteiger partial charge in [0.15, 0.2) is 0 Å². The van der Waals surface area contributed by atoms with E-state index in [0.29, 0.717) is 4.88 Å². The predicted octanol–water partition coefficient (Wildman–Crippen LogP) is 3.74. The first-order valence-corrected chi connectivity index (χ1v) is 10.4. The number of hydrogen-bond donors (Lipinski definition) is 2. The van der Waals surface area contributed by atoms with E-state index in [9.17, 15) is 9.59 Å². The van der Waals surface area contributed by atoms with Crippen LogP contribution < -0.4 is 10.6 Å². The van der Waals surface area contributed by atoms with E-state index in [1.54, 1.807) is 6.07 Å². The fourth-order valence-electron chi connectivity index (χ4n) is 3.32. The molecular weight excluding hydrogens is 358 g/mol. The highest BCUT2D eigenvalue weighted by atomic mass is 32.1. The second-order valence-electron chi connectivity index (χ2n) is 7.35. The molecule has 0 spiro atoms. The third kappa shape index (κ3) is 5.40. The Labute approximate surface area is 164 Å². The van der Waals surface area contributed by atoms with Gasteiger partial charge in [-0.25, -0.2) is 0 Å². The molecule has 0 radical (unpaired) electrons. The van der Waals surface area contributed by atoms with Crippen LogP contribution in [0.15, 0.2) is 41.8 Å². The first-order valence-electron chi connectivity index (χ1n) is 9.49. The molecule has 2 amide bonds. The van der Waals surface area contributed by atoms with E-state index in [1.165, 1.54) is 29.7 Å². The van der Waals surface area contributed by atoms with Crippen LogP contribution in [-0.4, -0.2) is 35.8 Å². The summed E-state index contributed by atoms with van der Waals surface area (Å²) in [6, 6.07) is 11.0. The van der Waals surface area contributed by atoms with Crippen LogP contribution in [0.1, 0.15) is 41.9 Å². The summed E-state index contributed by atoms with van der Waals surface area (Å²) in [6.07, 6.45) is 2.52. The van der Waals surface area contributed by atoms with Crippen LogP contribution in [0, 0.1) is 5.92 Å². The Bertz CT molecular complexity index is 767. The average molecular weight is 386 g/mol. The van der Waals surface area contributed by atoms with Gasteiger partial charge < -0.3 is 10.6 Å². The molecule has 1 aliphatic heterocycles. The van der Waals surface area contributed by atoms with Crippen molar-refractivity contribution in [2.24, 2.45) is 5.92 Å². The Hall–Kier alpha value is -2.18. The molecule has 5 nitrogen and oxygen atoms in total. The van der Waals surface area contributed by atoms with Gasteiger partial charge in [-0.1, -0.05) is 32.0 Å². The fraction of sp³-hybridized carbons (Fsp3) is 0.429. The minimum absolute atomic E-state index is 0.0123. The molecule has 1 atom stereocenters. The van der Waals surface area contributed by atoms with E-state index in [0.717, 1.165) is 25.3 Å². The van der Waals surface area contributed by atoms with E-state index in [1.807, 2.05) is 43.5 Å². The molecule has 0 saturated carbocycles. The number of nitrogens with one attached hydrogen (secondary N) is 2. The molecule has 3 rings (SSSR count). The lowest BCUT2D eigenvalue weighted by Gasteiger charge is -2.22. The SMILES string of the molecule is CC(C)C(NC(=O)c1cccs1)C(=O)Nc1cccc(CN2CCCC2)c1. The topological polar surface area (TPSA) is 61.4 Å². The highest BCUT2D eigenvalue weighted by Gasteiger charge is 2.25. The summed E-state index contributed by atoms with van der Waals surface area (Å²) in [7, 11) is 0. The predicted molar refractivity (Wildman–Crippen MR) is 110 cm³/mol. The number of anilines is 1. The van der Waals surface area contributed by atoms with Crippen molar-refractivity contribution >= 4 is 28.8 Å². The van der Waals surface area contributed by atoms with Gasteiger partial charge in [0.1, 0.15) is 6.04 Å². The number of benzene rings is 1. The maximum absolute atomic E-state index is 12.8. The van der Waals surface area contributed by atoms with Crippen molar-refractivity contribution in [2.45, 2.75) is 39.3 Å². The van der Waals surface area contributed by atoms with Gasteiger partial charge in [0.2, 0.25) is 5.91 Å². The van der Waals surface area contributed by atoms with Gasteiger partial charge in [0, 0.05) is 12.2 Å². The summed E-state index contributed by atoms with van der Waals surface area (Å²) in [6.45, 7) is 7.06. The van der Waals surface area contributed by atoms with Gasteiger partial charge >= 0.3 is 0 Å². The molecule has 144 valence electrons. The van der Waals surface area contributed by atoms with E-state index >= 15 is 0 Å². The van der Waals surface area contributed by atoms with Crippen molar-refractivity contribution in [2.75, 3.05) is 18.4 Å². The van der Waals surface area contributed by atoms with Gasteiger partial charge in [-0.3, -0.25) is 14.5 Å². The van der Waals surface area contributed by atoms with E-state index in [-0.39, 0.29) is 17.7 Å². The smallest absolute Gasteiger partial charge is 0.262 e. The second-order valence-corrected chi connectivity index (χ2v) is 8.29. The molecule has 2 heterocycles. The van der Waals surface area contributed by atoms with Gasteiger partial charge in [-0.05, 0) is 61.0 Å². The summed E-state index contributed by atoms with van der Waals surface area (Å²) in [5.74, 6) is -0.406. The highest BCUT2D eigenvalue weighted by molar-refractivity contribution is 7.12. The molecule has 1 aromatic heterocycles. The van der Waals surface area contributed by atoms with Gasteiger partial charge in [-0.15, -0.1) is 11.3 Å². The molecule has 1 unspecified atom stereocenters. The molecule has 27 heavy (non-hydrogen) atoms. The van der Waals surface area contributed by atoms with Gasteiger partial charge in [0.25, 0.3) is 5.91 Å². The normalized spacial score (nSPS) is 15.7. The van der Waals surface area contributed by atoms with Crippen molar-refractivity contribution in [3.8, 4) is 0 Å². The zero-order valence-electron chi connectivity index (χ0n) is 15.9. The quantitative estimate of drug-likeness (QED) is 0.763. The Morgan fingerprint density at radius 2 is 1.93 bits per heavy atom. The zero-order chi connectivity index (χ0) is 19.2. The minimum Gasteiger partial charge on any atom is -0.339 e. The number of carbonyl (C=O) groups is 2. The average Bonchev–Trinajstić information content (AvgIpc) is 3.33. The number of amides is 2. The van der Waals surface area contributed by atoms with E-state index < -0.39 is 6.04 Å². The fourth-order valence-corrected chi connectivity index (χ4v) is 3.95. The Morgan fingerprint density at radius 1 is 1.15 bits per heavy atom.